The van der Waals surface area contributed by atoms with Gasteiger partial charge in [0.15, 0.2) is 5.16 Å². The molecule has 4 saturated carbocycles. The molecule has 1 aromatic carbocycles. The summed E-state index contributed by atoms with van der Waals surface area (Å²) < 4.78 is 1.54. The molecular formula is C27H30N4O2S. The van der Waals surface area contributed by atoms with Crippen LogP contribution in [0.2, 0.25) is 0 Å². The first kappa shape index (κ1) is 21.8. The number of rotatable bonds is 5. The minimum absolute atomic E-state index is 0.0321. The van der Waals surface area contributed by atoms with E-state index >= 15 is 0 Å². The van der Waals surface area contributed by atoms with E-state index in [4.69, 9.17) is 4.98 Å². The molecule has 2 heterocycles. The highest BCUT2D eigenvalue weighted by Crippen LogP contribution is 2.55. The van der Waals surface area contributed by atoms with Gasteiger partial charge in [-0.1, -0.05) is 30.0 Å². The predicted molar refractivity (Wildman–Crippen MR) is 134 cm³/mol. The SMILES string of the molecule is Cc1ccc(-n2c(SC(C)C(=O)NC34CC5CC(CC(C5)C3)C4)nc3ccccc3c2=O)nc1. The van der Waals surface area contributed by atoms with E-state index in [9.17, 15) is 9.59 Å². The monoisotopic (exact) mass is 474 g/mol. The van der Waals surface area contributed by atoms with Gasteiger partial charge in [0.05, 0.1) is 16.2 Å². The summed E-state index contributed by atoms with van der Waals surface area (Å²) in [4.78, 5) is 36.1. The number of carbonyl (C=O) groups is 1. The maximum atomic E-state index is 13.5. The molecule has 1 N–H and O–H groups in total. The highest BCUT2D eigenvalue weighted by molar-refractivity contribution is 8.00. The number of benzene rings is 1. The Kier molecular flexibility index (Phi) is 5.28. The fraction of sp³-hybridized carbons (Fsp3) is 0.481. The maximum absolute atomic E-state index is 13.5. The standard InChI is InChI=1S/C27H30N4O2S/c1-16-7-8-23(28-15-16)31-25(33)21-5-3-4-6-22(21)29-26(31)34-17(2)24(32)30-27-12-18-9-19(13-27)11-20(10-18)14-27/h3-8,15,17-20H,9-14H2,1-2H3,(H,30,32). The van der Waals surface area contributed by atoms with Crippen LogP contribution in [0.15, 0.2) is 52.5 Å². The molecule has 6 nitrogen and oxygen atoms in total. The second-order valence-corrected chi connectivity index (χ2v) is 12.0. The summed E-state index contributed by atoms with van der Waals surface area (Å²) in [5.41, 5.74) is 1.45. The van der Waals surface area contributed by atoms with Gasteiger partial charge in [-0.05, 0) is 93.9 Å². The van der Waals surface area contributed by atoms with Gasteiger partial charge >= 0.3 is 0 Å². The van der Waals surface area contributed by atoms with Crippen LogP contribution in [0, 0.1) is 24.7 Å². The Labute approximate surface area is 203 Å². The van der Waals surface area contributed by atoms with E-state index in [2.05, 4.69) is 10.3 Å². The number of nitrogens with zero attached hydrogens (tertiary/aromatic N) is 3. The summed E-state index contributed by atoms with van der Waals surface area (Å²) in [5.74, 6) is 2.88. The molecule has 0 spiro atoms. The molecule has 1 amide bonds. The van der Waals surface area contributed by atoms with Crippen molar-refractivity contribution in [1.82, 2.24) is 19.9 Å². The van der Waals surface area contributed by atoms with Crippen LogP contribution >= 0.6 is 11.8 Å². The van der Waals surface area contributed by atoms with Gasteiger partial charge < -0.3 is 5.32 Å². The summed E-state index contributed by atoms with van der Waals surface area (Å²) >= 11 is 1.33. The van der Waals surface area contributed by atoms with Crippen LogP contribution in [0.25, 0.3) is 16.7 Å². The minimum atomic E-state index is -0.377. The number of hydrogen-bond donors (Lipinski definition) is 1. The Morgan fingerprint density at radius 3 is 2.41 bits per heavy atom. The molecule has 176 valence electrons. The number of pyridine rings is 1. The topological polar surface area (TPSA) is 76.9 Å². The first-order valence-corrected chi connectivity index (χ1v) is 13.2. The van der Waals surface area contributed by atoms with Gasteiger partial charge in [-0.15, -0.1) is 0 Å². The molecule has 4 fully saturated rings. The van der Waals surface area contributed by atoms with E-state index in [0.717, 1.165) is 42.6 Å². The lowest BCUT2D eigenvalue weighted by atomic mass is 9.53. The Morgan fingerprint density at radius 1 is 1.09 bits per heavy atom. The molecule has 4 aliphatic rings. The smallest absolute Gasteiger partial charge is 0.267 e. The molecule has 4 aliphatic carbocycles. The summed E-state index contributed by atoms with van der Waals surface area (Å²) in [6.07, 6.45) is 9.13. The first-order chi connectivity index (χ1) is 16.4. The van der Waals surface area contributed by atoms with Crippen LogP contribution in [-0.2, 0) is 4.79 Å². The van der Waals surface area contributed by atoms with E-state index in [0.29, 0.717) is 21.9 Å². The number of amides is 1. The molecule has 1 unspecified atom stereocenters. The number of nitrogens with one attached hydrogen (secondary N) is 1. The van der Waals surface area contributed by atoms with Crippen molar-refractivity contribution in [3.63, 3.8) is 0 Å². The van der Waals surface area contributed by atoms with Crippen molar-refractivity contribution in [2.45, 2.75) is 68.3 Å². The third kappa shape index (κ3) is 3.84. The van der Waals surface area contributed by atoms with Gasteiger partial charge in [0.2, 0.25) is 5.91 Å². The summed E-state index contributed by atoms with van der Waals surface area (Å²) in [6.45, 7) is 3.87. The Balaban J connectivity index is 1.31. The lowest BCUT2D eigenvalue weighted by Gasteiger charge is -2.57. The number of aromatic nitrogens is 3. The molecule has 1 atom stereocenters. The predicted octanol–water partition coefficient (Wildman–Crippen LogP) is 4.65. The summed E-state index contributed by atoms with van der Waals surface area (Å²) in [7, 11) is 0. The van der Waals surface area contributed by atoms with Crippen molar-refractivity contribution in [3.05, 3.63) is 58.5 Å². The van der Waals surface area contributed by atoms with Crippen molar-refractivity contribution in [1.29, 1.82) is 0 Å². The van der Waals surface area contributed by atoms with Crippen molar-refractivity contribution >= 4 is 28.6 Å². The van der Waals surface area contributed by atoms with E-state index in [1.54, 1.807) is 16.8 Å². The van der Waals surface area contributed by atoms with Gasteiger partial charge in [0.25, 0.3) is 5.56 Å². The van der Waals surface area contributed by atoms with Crippen molar-refractivity contribution in [2.24, 2.45) is 17.8 Å². The van der Waals surface area contributed by atoms with Crippen molar-refractivity contribution in [2.75, 3.05) is 0 Å². The quantitative estimate of drug-likeness (QED) is 0.430. The average Bonchev–Trinajstić information content (AvgIpc) is 2.79. The molecular weight excluding hydrogens is 444 g/mol. The normalized spacial score (nSPS) is 28.2. The zero-order valence-electron chi connectivity index (χ0n) is 19.7. The number of aryl methyl sites for hydroxylation is 1. The zero-order chi connectivity index (χ0) is 23.4. The summed E-state index contributed by atoms with van der Waals surface area (Å²) in [6, 6.07) is 11.1. The molecule has 0 aliphatic heterocycles. The van der Waals surface area contributed by atoms with E-state index in [1.807, 2.05) is 44.2 Å². The Morgan fingerprint density at radius 2 is 1.76 bits per heavy atom. The zero-order valence-corrected chi connectivity index (χ0v) is 20.5. The fourth-order valence-electron chi connectivity index (χ4n) is 6.82. The molecule has 0 saturated heterocycles. The van der Waals surface area contributed by atoms with Gasteiger partial charge in [-0.3, -0.25) is 9.59 Å². The van der Waals surface area contributed by atoms with Crippen LogP contribution in [-0.4, -0.2) is 31.2 Å². The summed E-state index contributed by atoms with van der Waals surface area (Å²) in [5, 5.41) is 4.13. The lowest BCUT2D eigenvalue weighted by Crippen LogP contribution is -2.60. The van der Waals surface area contributed by atoms with Crippen LogP contribution in [0.4, 0.5) is 0 Å². The molecule has 3 aromatic rings. The van der Waals surface area contributed by atoms with Crippen LogP contribution in [0.3, 0.4) is 0 Å². The third-order valence-corrected chi connectivity index (χ3v) is 9.00. The van der Waals surface area contributed by atoms with Gasteiger partial charge in [-0.2, -0.15) is 0 Å². The molecule has 34 heavy (non-hydrogen) atoms. The Bertz CT molecular complexity index is 1280. The van der Waals surface area contributed by atoms with E-state index in [-0.39, 0.29) is 22.3 Å². The minimum Gasteiger partial charge on any atom is -0.350 e. The van der Waals surface area contributed by atoms with Gasteiger partial charge in [0.1, 0.15) is 5.82 Å². The molecule has 7 rings (SSSR count). The highest BCUT2D eigenvalue weighted by atomic mass is 32.2. The average molecular weight is 475 g/mol. The second-order valence-electron chi connectivity index (χ2n) is 10.7. The number of para-hydroxylation sites is 1. The van der Waals surface area contributed by atoms with E-state index < -0.39 is 0 Å². The fourth-order valence-corrected chi connectivity index (χ4v) is 7.74. The highest BCUT2D eigenvalue weighted by Gasteiger charge is 2.51. The van der Waals surface area contributed by atoms with Gasteiger partial charge in [0, 0.05) is 11.7 Å². The Hall–Kier alpha value is -2.67. The lowest BCUT2D eigenvalue weighted by molar-refractivity contribution is -0.126. The van der Waals surface area contributed by atoms with E-state index in [1.165, 1.54) is 31.0 Å². The maximum Gasteiger partial charge on any atom is 0.267 e. The number of carbonyl (C=O) groups excluding carboxylic acids is 1. The first-order valence-electron chi connectivity index (χ1n) is 12.3. The molecule has 7 heteroatoms. The third-order valence-electron chi connectivity index (χ3n) is 7.95. The van der Waals surface area contributed by atoms with Crippen molar-refractivity contribution in [3.8, 4) is 5.82 Å². The van der Waals surface area contributed by atoms with Crippen LogP contribution in [0.1, 0.15) is 51.0 Å². The second kappa shape index (κ2) is 8.22. The number of thioether (sulfide) groups is 1. The number of hydrogen-bond acceptors (Lipinski definition) is 5. The molecule has 4 bridgehead atoms. The van der Waals surface area contributed by atoms with Crippen LogP contribution in [0.5, 0.6) is 0 Å². The molecule has 2 aromatic heterocycles. The van der Waals surface area contributed by atoms with Crippen molar-refractivity contribution < 1.29 is 4.79 Å². The number of fused-ring (bicyclic) bond motifs is 1. The molecule has 0 radical (unpaired) electrons. The largest absolute Gasteiger partial charge is 0.350 e. The van der Waals surface area contributed by atoms with Gasteiger partial charge in [-0.25, -0.2) is 14.5 Å². The van der Waals surface area contributed by atoms with Crippen LogP contribution < -0.4 is 10.9 Å².